The Morgan fingerprint density at radius 2 is 2.13 bits per heavy atom. The van der Waals surface area contributed by atoms with Crippen LogP contribution in [0.1, 0.15) is 59.8 Å². The van der Waals surface area contributed by atoms with E-state index in [-0.39, 0.29) is 0 Å². The van der Waals surface area contributed by atoms with Crippen LogP contribution in [0.25, 0.3) is 0 Å². The van der Waals surface area contributed by atoms with Gasteiger partial charge in [-0.05, 0) is 31.6 Å². The van der Waals surface area contributed by atoms with Crippen molar-refractivity contribution in [2.45, 2.75) is 65.8 Å². The minimum atomic E-state index is 0.300. The largest absolute Gasteiger partial charge is 0.339 e. The molecule has 0 radical (unpaired) electrons. The van der Waals surface area contributed by atoms with Gasteiger partial charge in [-0.2, -0.15) is 0 Å². The van der Waals surface area contributed by atoms with Crippen LogP contribution >= 0.6 is 0 Å². The summed E-state index contributed by atoms with van der Waals surface area (Å²) < 4.78 is 0. The van der Waals surface area contributed by atoms with Crippen LogP contribution < -0.4 is 0 Å². The highest BCUT2D eigenvalue weighted by molar-refractivity contribution is 5.78. The van der Waals surface area contributed by atoms with E-state index in [1.807, 2.05) is 0 Å². The topological polar surface area (TPSA) is 20.3 Å². The van der Waals surface area contributed by atoms with Gasteiger partial charge in [-0.25, -0.2) is 0 Å². The van der Waals surface area contributed by atoms with Crippen LogP contribution in [-0.2, 0) is 4.79 Å². The maximum absolute atomic E-state index is 11.7. The lowest BCUT2D eigenvalue weighted by molar-refractivity contribution is -0.131. The molecule has 0 spiro atoms. The third kappa shape index (κ3) is 2.53. The molecule has 0 aromatic heterocycles. The summed E-state index contributed by atoms with van der Waals surface area (Å²) in [6.07, 6.45) is 5.39. The third-order valence-electron chi connectivity index (χ3n) is 4.21. The van der Waals surface area contributed by atoms with Crippen LogP contribution in [0.15, 0.2) is 0 Å². The Morgan fingerprint density at radius 3 is 2.53 bits per heavy atom. The molecule has 2 nitrogen and oxygen atoms in total. The Balaban J connectivity index is 2.71. The minimum absolute atomic E-state index is 0.300. The molecule has 15 heavy (non-hydrogen) atoms. The van der Waals surface area contributed by atoms with Crippen molar-refractivity contribution in [3.8, 4) is 0 Å². The van der Waals surface area contributed by atoms with E-state index in [9.17, 15) is 4.79 Å². The van der Waals surface area contributed by atoms with Crippen molar-refractivity contribution < 1.29 is 4.79 Å². The van der Waals surface area contributed by atoms with Crippen LogP contribution in [0, 0.1) is 5.41 Å². The van der Waals surface area contributed by atoms with Gasteiger partial charge in [0.1, 0.15) is 0 Å². The molecule has 2 atom stereocenters. The molecule has 2 unspecified atom stereocenters. The van der Waals surface area contributed by atoms with E-state index < -0.39 is 0 Å². The van der Waals surface area contributed by atoms with Gasteiger partial charge in [0.15, 0.2) is 0 Å². The van der Waals surface area contributed by atoms with E-state index in [0.717, 1.165) is 25.8 Å². The average Bonchev–Trinajstić information content (AvgIpc) is 2.63. The number of likely N-dealkylation sites (tertiary alicyclic amines) is 1. The molecule has 88 valence electrons. The normalized spacial score (nSPS) is 22.9. The van der Waals surface area contributed by atoms with Crippen LogP contribution in [-0.4, -0.2) is 23.4 Å². The van der Waals surface area contributed by atoms with Crippen molar-refractivity contribution in [2.24, 2.45) is 5.41 Å². The van der Waals surface area contributed by atoms with E-state index >= 15 is 0 Å². The van der Waals surface area contributed by atoms with Crippen molar-refractivity contribution in [1.29, 1.82) is 0 Å². The molecule has 1 rings (SSSR count). The Bertz CT molecular complexity index is 227. The summed E-state index contributed by atoms with van der Waals surface area (Å²) in [5, 5.41) is 0. The highest BCUT2D eigenvalue weighted by Crippen LogP contribution is 2.36. The second-order valence-electron chi connectivity index (χ2n) is 5.12. The highest BCUT2D eigenvalue weighted by atomic mass is 16.2. The van der Waals surface area contributed by atoms with Crippen molar-refractivity contribution in [3.05, 3.63) is 0 Å². The molecule has 1 aliphatic rings. The Kier molecular flexibility index (Phi) is 4.18. The number of hydrogen-bond donors (Lipinski definition) is 0. The summed E-state index contributed by atoms with van der Waals surface area (Å²) in [7, 11) is 0. The first-order valence-corrected chi connectivity index (χ1v) is 6.34. The zero-order chi connectivity index (χ0) is 11.5. The van der Waals surface area contributed by atoms with Crippen LogP contribution in [0.5, 0.6) is 0 Å². The molecule has 0 saturated carbocycles. The van der Waals surface area contributed by atoms with Gasteiger partial charge in [0.05, 0.1) is 0 Å². The highest BCUT2D eigenvalue weighted by Gasteiger charge is 2.36. The van der Waals surface area contributed by atoms with Gasteiger partial charge in [-0.15, -0.1) is 0 Å². The predicted molar refractivity (Wildman–Crippen MR) is 63.7 cm³/mol. The van der Waals surface area contributed by atoms with E-state index in [2.05, 4.69) is 32.6 Å². The number of carbonyl (C=O) groups is 1. The van der Waals surface area contributed by atoms with E-state index in [1.165, 1.54) is 12.8 Å². The lowest BCUT2D eigenvalue weighted by atomic mass is 9.76. The fourth-order valence-corrected chi connectivity index (χ4v) is 2.71. The van der Waals surface area contributed by atoms with Gasteiger partial charge in [-0.3, -0.25) is 4.79 Å². The van der Waals surface area contributed by atoms with Gasteiger partial charge >= 0.3 is 0 Å². The maximum atomic E-state index is 11.7. The number of hydrogen-bond acceptors (Lipinski definition) is 1. The van der Waals surface area contributed by atoms with E-state index in [1.54, 1.807) is 0 Å². The molecule has 1 aliphatic heterocycles. The predicted octanol–water partition coefficient (Wildman–Crippen LogP) is 3.21. The number of rotatable bonds is 5. The minimum Gasteiger partial charge on any atom is -0.339 e. The standard InChI is InChI=1S/C13H25NO/c1-5-9-13(4,6-2)11(3)14-10-7-8-12(14)15/h11H,5-10H2,1-4H3. The smallest absolute Gasteiger partial charge is 0.222 e. The van der Waals surface area contributed by atoms with Gasteiger partial charge < -0.3 is 4.90 Å². The van der Waals surface area contributed by atoms with Crippen LogP contribution in [0.2, 0.25) is 0 Å². The molecule has 0 aromatic rings. The molecule has 0 aliphatic carbocycles. The maximum Gasteiger partial charge on any atom is 0.222 e. The van der Waals surface area contributed by atoms with E-state index in [4.69, 9.17) is 0 Å². The van der Waals surface area contributed by atoms with Crippen molar-refractivity contribution in [1.82, 2.24) is 4.90 Å². The third-order valence-corrected chi connectivity index (χ3v) is 4.21. The van der Waals surface area contributed by atoms with Crippen molar-refractivity contribution in [3.63, 3.8) is 0 Å². The number of carbonyl (C=O) groups excluding carboxylic acids is 1. The molecule has 0 N–H and O–H groups in total. The molecular formula is C13H25NO. The fraction of sp³-hybridized carbons (Fsp3) is 0.923. The molecule has 1 saturated heterocycles. The summed E-state index contributed by atoms with van der Waals surface area (Å²) in [4.78, 5) is 13.8. The summed E-state index contributed by atoms with van der Waals surface area (Å²) >= 11 is 0. The van der Waals surface area contributed by atoms with Crippen molar-refractivity contribution in [2.75, 3.05) is 6.54 Å². The quantitative estimate of drug-likeness (QED) is 0.684. The first-order valence-electron chi connectivity index (χ1n) is 6.34. The SMILES string of the molecule is CCCC(C)(CC)C(C)N1CCCC1=O. The molecule has 1 fully saturated rings. The van der Waals surface area contributed by atoms with Gasteiger partial charge in [0.2, 0.25) is 5.91 Å². The lowest BCUT2D eigenvalue weighted by Crippen LogP contribution is -2.45. The first kappa shape index (κ1) is 12.5. The zero-order valence-corrected chi connectivity index (χ0v) is 10.7. The van der Waals surface area contributed by atoms with Gasteiger partial charge in [0, 0.05) is 19.0 Å². The zero-order valence-electron chi connectivity index (χ0n) is 10.7. The van der Waals surface area contributed by atoms with Crippen LogP contribution in [0.3, 0.4) is 0 Å². The van der Waals surface area contributed by atoms with Gasteiger partial charge in [0.25, 0.3) is 0 Å². The molecule has 1 heterocycles. The summed E-state index contributed by atoms with van der Waals surface area (Å²) in [5.74, 6) is 0.360. The Hall–Kier alpha value is -0.530. The second-order valence-corrected chi connectivity index (χ2v) is 5.12. The van der Waals surface area contributed by atoms with Gasteiger partial charge in [-0.1, -0.05) is 27.2 Å². The molecule has 0 aromatic carbocycles. The first-order chi connectivity index (χ1) is 7.05. The average molecular weight is 211 g/mol. The second kappa shape index (κ2) is 5.00. The number of nitrogens with zero attached hydrogens (tertiary/aromatic N) is 1. The van der Waals surface area contributed by atoms with Crippen molar-refractivity contribution >= 4 is 5.91 Å². The summed E-state index contributed by atoms with van der Waals surface area (Å²) in [6, 6.07) is 0.400. The Morgan fingerprint density at radius 1 is 1.47 bits per heavy atom. The summed E-state index contributed by atoms with van der Waals surface area (Å²) in [5.41, 5.74) is 0.300. The molecule has 1 amide bonds. The van der Waals surface area contributed by atoms with E-state index in [0.29, 0.717) is 17.4 Å². The molecule has 2 heteroatoms. The van der Waals surface area contributed by atoms with Crippen LogP contribution in [0.4, 0.5) is 0 Å². The molecule has 0 bridgehead atoms. The lowest BCUT2D eigenvalue weighted by Gasteiger charge is -2.40. The summed E-state index contributed by atoms with van der Waals surface area (Å²) in [6.45, 7) is 9.99. The fourth-order valence-electron chi connectivity index (χ4n) is 2.71. The molecular weight excluding hydrogens is 186 g/mol. The Labute approximate surface area is 94.0 Å². The monoisotopic (exact) mass is 211 g/mol. The number of amides is 1.